The van der Waals surface area contributed by atoms with Gasteiger partial charge in [0, 0.05) is 17.9 Å². The van der Waals surface area contributed by atoms with E-state index in [9.17, 15) is 9.59 Å². The first-order valence-electron chi connectivity index (χ1n) is 7.67. The predicted molar refractivity (Wildman–Crippen MR) is 84.3 cm³/mol. The highest BCUT2D eigenvalue weighted by Crippen LogP contribution is 2.19. The number of amides is 1. The van der Waals surface area contributed by atoms with Crippen LogP contribution in [-0.4, -0.2) is 33.8 Å². The lowest BCUT2D eigenvalue weighted by atomic mass is 10.2. The lowest BCUT2D eigenvalue weighted by molar-refractivity contribution is -0.129. The van der Waals surface area contributed by atoms with Crippen LogP contribution in [-0.2, 0) is 9.53 Å². The highest BCUT2D eigenvalue weighted by molar-refractivity contribution is 5.92. The van der Waals surface area contributed by atoms with E-state index in [0.717, 1.165) is 24.2 Å². The third-order valence-corrected chi connectivity index (χ3v) is 3.76. The van der Waals surface area contributed by atoms with Crippen molar-refractivity contribution in [3.05, 3.63) is 47.8 Å². The minimum atomic E-state index is -0.795. The molecule has 23 heavy (non-hydrogen) atoms. The second-order valence-corrected chi connectivity index (χ2v) is 5.76. The number of ether oxygens (including phenoxy) is 1. The summed E-state index contributed by atoms with van der Waals surface area (Å²) in [6.07, 6.45) is 2.93. The van der Waals surface area contributed by atoms with Gasteiger partial charge < -0.3 is 10.1 Å². The van der Waals surface area contributed by atoms with Gasteiger partial charge in [0.05, 0.1) is 11.3 Å². The van der Waals surface area contributed by atoms with Crippen LogP contribution in [0.2, 0.25) is 0 Å². The molecule has 1 aliphatic carbocycles. The summed E-state index contributed by atoms with van der Waals surface area (Å²) in [5.74, 6) is -0.753. The standard InChI is InChI=1S/C17H19N3O3/c1-11-9-10-18-20(11)15-7-3-13(4-8-15)17(22)23-12(2)16(21)19-14-5-6-14/h3-4,7-10,12,14H,5-6H2,1-2H3,(H,19,21)/t12-/m0/s1. The molecular formula is C17H19N3O3. The average Bonchev–Trinajstić information content (AvgIpc) is 3.25. The molecule has 0 unspecified atom stereocenters. The molecule has 1 aromatic heterocycles. The first kappa shape index (κ1) is 15.3. The third-order valence-electron chi connectivity index (χ3n) is 3.76. The molecule has 0 bridgehead atoms. The predicted octanol–water partition coefficient (Wildman–Crippen LogP) is 2.00. The Kier molecular flexibility index (Phi) is 4.14. The molecule has 1 saturated carbocycles. The summed E-state index contributed by atoms with van der Waals surface area (Å²) >= 11 is 0. The fraction of sp³-hybridized carbons (Fsp3) is 0.353. The van der Waals surface area contributed by atoms with Crippen molar-refractivity contribution in [3.63, 3.8) is 0 Å². The monoisotopic (exact) mass is 313 g/mol. The number of rotatable bonds is 5. The summed E-state index contributed by atoms with van der Waals surface area (Å²) in [6, 6.07) is 9.09. The van der Waals surface area contributed by atoms with Crippen LogP contribution in [0.3, 0.4) is 0 Å². The number of hydrogen-bond acceptors (Lipinski definition) is 4. The van der Waals surface area contributed by atoms with Gasteiger partial charge in [-0.2, -0.15) is 5.10 Å². The van der Waals surface area contributed by atoms with Crippen LogP contribution in [0.4, 0.5) is 0 Å². The maximum absolute atomic E-state index is 12.1. The molecule has 1 fully saturated rings. The summed E-state index contributed by atoms with van der Waals surface area (Å²) in [5.41, 5.74) is 2.28. The third kappa shape index (κ3) is 3.59. The zero-order valence-electron chi connectivity index (χ0n) is 13.2. The van der Waals surface area contributed by atoms with Gasteiger partial charge in [-0.3, -0.25) is 4.79 Å². The van der Waals surface area contributed by atoms with E-state index in [1.807, 2.05) is 13.0 Å². The molecule has 1 aliphatic rings. The number of nitrogens with one attached hydrogen (secondary N) is 1. The fourth-order valence-corrected chi connectivity index (χ4v) is 2.21. The van der Waals surface area contributed by atoms with Crippen LogP contribution in [0.5, 0.6) is 0 Å². The van der Waals surface area contributed by atoms with Gasteiger partial charge in [-0.25, -0.2) is 9.48 Å². The Balaban J connectivity index is 1.63. The smallest absolute Gasteiger partial charge is 0.338 e. The number of aryl methyl sites for hydroxylation is 1. The fourth-order valence-electron chi connectivity index (χ4n) is 2.21. The summed E-state index contributed by atoms with van der Waals surface area (Å²) in [4.78, 5) is 23.9. The Morgan fingerprint density at radius 1 is 1.26 bits per heavy atom. The van der Waals surface area contributed by atoms with Gasteiger partial charge in [0.2, 0.25) is 0 Å². The lowest BCUT2D eigenvalue weighted by Gasteiger charge is -2.13. The maximum atomic E-state index is 12.1. The molecule has 3 rings (SSSR count). The normalized spacial score (nSPS) is 15.0. The Labute approximate surface area is 134 Å². The van der Waals surface area contributed by atoms with Crippen molar-refractivity contribution in [3.8, 4) is 5.69 Å². The molecule has 6 heteroatoms. The first-order valence-corrected chi connectivity index (χ1v) is 7.67. The summed E-state index contributed by atoms with van der Waals surface area (Å²) in [7, 11) is 0. The molecule has 0 saturated heterocycles. The minimum Gasteiger partial charge on any atom is -0.449 e. The summed E-state index contributed by atoms with van der Waals surface area (Å²) < 4.78 is 6.99. The van der Waals surface area contributed by atoms with Crippen molar-refractivity contribution < 1.29 is 14.3 Å². The summed E-state index contributed by atoms with van der Waals surface area (Å²) in [6.45, 7) is 3.53. The van der Waals surface area contributed by atoms with E-state index in [-0.39, 0.29) is 11.9 Å². The van der Waals surface area contributed by atoms with E-state index in [4.69, 9.17) is 4.74 Å². The van der Waals surface area contributed by atoms with Crippen LogP contribution < -0.4 is 5.32 Å². The molecule has 6 nitrogen and oxygen atoms in total. The molecule has 1 atom stereocenters. The Morgan fingerprint density at radius 2 is 1.96 bits per heavy atom. The molecule has 2 aromatic rings. The van der Waals surface area contributed by atoms with Crippen molar-refractivity contribution in [2.75, 3.05) is 0 Å². The Bertz CT molecular complexity index is 717. The van der Waals surface area contributed by atoms with Gasteiger partial charge in [-0.1, -0.05) is 0 Å². The van der Waals surface area contributed by atoms with E-state index in [0.29, 0.717) is 5.56 Å². The van der Waals surface area contributed by atoms with E-state index < -0.39 is 12.1 Å². The number of carbonyl (C=O) groups is 2. The number of nitrogens with zero attached hydrogens (tertiary/aromatic N) is 2. The minimum absolute atomic E-state index is 0.246. The van der Waals surface area contributed by atoms with E-state index in [2.05, 4.69) is 10.4 Å². The van der Waals surface area contributed by atoms with Crippen LogP contribution in [0.25, 0.3) is 5.69 Å². The number of benzene rings is 1. The van der Waals surface area contributed by atoms with Crippen LogP contribution in [0.1, 0.15) is 35.8 Å². The first-order chi connectivity index (χ1) is 11.0. The topological polar surface area (TPSA) is 73.2 Å². The lowest BCUT2D eigenvalue weighted by Crippen LogP contribution is -2.37. The van der Waals surface area contributed by atoms with Crippen LogP contribution in [0, 0.1) is 6.92 Å². The second-order valence-electron chi connectivity index (χ2n) is 5.76. The maximum Gasteiger partial charge on any atom is 0.338 e. The Hall–Kier alpha value is -2.63. The van der Waals surface area contributed by atoms with Gasteiger partial charge in [0.1, 0.15) is 0 Å². The van der Waals surface area contributed by atoms with Crippen molar-refractivity contribution in [2.45, 2.75) is 38.8 Å². The van der Waals surface area contributed by atoms with Gasteiger partial charge in [0.25, 0.3) is 5.91 Å². The Morgan fingerprint density at radius 3 is 2.52 bits per heavy atom. The van der Waals surface area contributed by atoms with Crippen molar-refractivity contribution in [1.82, 2.24) is 15.1 Å². The van der Waals surface area contributed by atoms with Crippen molar-refractivity contribution in [2.24, 2.45) is 0 Å². The molecule has 1 heterocycles. The number of esters is 1. The molecular weight excluding hydrogens is 294 g/mol. The zero-order chi connectivity index (χ0) is 16.4. The van der Waals surface area contributed by atoms with E-state index in [1.165, 1.54) is 0 Å². The highest BCUT2D eigenvalue weighted by atomic mass is 16.5. The summed E-state index contributed by atoms with van der Waals surface area (Å²) in [5, 5.41) is 7.03. The molecule has 1 aromatic carbocycles. The van der Waals surface area contributed by atoms with Gasteiger partial charge >= 0.3 is 5.97 Å². The SMILES string of the molecule is Cc1ccnn1-c1ccc(C(=O)O[C@@H](C)C(=O)NC2CC2)cc1. The quantitative estimate of drug-likeness (QED) is 0.857. The highest BCUT2D eigenvalue weighted by Gasteiger charge is 2.27. The van der Waals surface area contributed by atoms with Crippen molar-refractivity contribution >= 4 is 11.9 Å². The van der Waals surface area contributed by atoms with Gasteiger partial charge in [-0.05, 0) is 57.0 Å². The second kappa shape index (κ2) is 6.24. The van der Waals surface area contributed by atoms with Gasteiger partial charge in [-0.15, -0.1) is 0 Å². The molecule has 0 radical (unpaired) electrons. The number of hydrogen-bond donors (Lipinski definition) is 1. The molecule has 0 aliphatic heterocycles. The largest absolute Gasteiger partial charge is 0.449 e. The molecule has 1 amide bonds. The van der Waals surface area contributed by atoms with Crippen LogP contribution >= 0.6 is 0 Å². The molecule has 0 spiro atoms. The van der Waals surface area contributed by atoms with Crippen LogP contribution in [0.15, 0.2) is 36.5 Å². The van der Waals surface area contributed by atoms with Gasteiger partial charge in [0.15, 0.2) is 6.10 Å². The molecule has 1 N–H and O–H groups in total. The molecule has 120 valence electrons. The van der Waals surface area contributed by atoms with Crippen molar-refractivity contribution in [1.29, 1.82) is 0 Å². The zero-order valence-corrected chi connectivity index (χ0v) is 13.2. The number of aromatic nitrogens is 2. The van der Waals surface area contributed by atoms with E-state index >= 15 is 0 Å². The average molecular weight is 313 g/mol. The van der Waals surface area contributed by atoms with E-state index in [1.54, 1.807) is 42.1 Å². The number of carbonyl (C=O) groups excluding carboxylic acids is 2.